The number of carbonyl (C=O) groups excluding carboxylic acids is 1. The maximum atomic E-state index is 14.5. The van der Waals surface area contributed by atoms with E-state index in [1.165, 1.54) is 48.4 Å². The first-order chi connectivity index (χ1) is 12.8. The molecule has 2 aromatic rings. The summed E-state index contributed by atoms with van der Waals surface area (Å²) in [6, 6.07) is 8.69. The van der Waals surface area contributed by atoms with Crippen molar-refractivity contribution in [3.63, 3.8) is 0 Å². The lowest BCUT2D eigenvalue weighted by molar-refractivity contribution is -0.138. The van der Waals surface area contributed by atoms with E-state index in [1.54, 1.807) is 0 Å². The Morgan fingerprint density at radius 3 is 2.48 bits per heavy atom. The Bertz CT molecular complexity index is 834. The average Bonchev–Trinajstić information content (AvgIpc) is 2.59. The normalized spacial score (nSPS) is 14.6. The zero-order valence-electron chi connectivity index (χ0n) is 14.4. The van der Waals surface area contributed by atoms with Gasteiger partial charge in [-0.1, -0.05) is 24.3 Å². The number of amides is 1. The molecule has 3 rings (SSSR count). The Morgan fingerprint density at radius 1 is 1.19 bits per heavy atom. The number of alkyl halides is 3. The fraction of sp³-hybridized carbons (Fsp3) is 0.316. The summed E-state index contributed by atoms with van der Waals surface area (Å²) in [6.07, 6.45) is -4.55. The summed E-state index contributed by atoms with van der Waals surface area (Å²) in [6.45, 7) is 0.0657. The predicted molar refractivity (Wildman–Crippen MR) is 88.9 cm³/mol. The molecule has 1 heterocycles. The van der Waals surface area contributed by atoms with Crippen molar-refractivity contribution in [2.45, 2.75) is 18.8 Å². The van der Waals surface area contributed by atoms with Crippen molar-refractivity contribution in [3.05, 3.63) is 65.0 Å². The molecule has 0 atom stereocenters. The zero-order valence-corrected chi connectivity index (χ0v) is 14.4. The van der Waals surface area contributed by atoms with E-state index in [-0.39, 0.29) is 36.6 Å². The van der Waals surface area contributed by atoms with Gasteiger partial charge in [0.25, 0.3) is 5.91 Å². The number of halogens is 4. The summed E-state index contributed by atoms with van der Waals surface area (Å²) in [5, 5.41) is 0. The maximum Gasteiger partial charge on any atom is 0.416 e. The van der Waals surface area contributed by atoms with E-state index >= 15 is 0 Å². The molecule has 0 N–H and O–H groups in total. The van der Waals surface area contributed by atoms with E-state index in [1.807, 2.05) is 0 Å². The molecular formula is C19H17F4NO3. The van der Waals surface area contributed by atoms with Gasteiger partial charge in [-0.25, -0.2) is 4.39 Å². The molecule has 1 saturated heterocycles. The SMILES string of the molecule is COc1cccc(C(=O)N(Cc2ccccc2C(F)(F)F)C2COC2)c1F. The van der Waals surface area contributed by atoms with E-state index in [0.29, 0.717) is 0 Å². The summed E-state index contributed by atoms with van der Waals surface area (Å²) < 4.78 is 64.3. The Labute approximate surface area is 153 Å². The Balaban J connectivity index is 1.96. The van der Waals surface area contributed by atoms with Crippen LogP contribution in [0.3, 0.4) is 0 Å². The van der Waals surface area contributed by atoms with Gasteiger partial charge in [0.05, 0.1) is 37.5 Å². The molecule has 1 aliphatic heterocycles. The summed E-state index contributed by atoms with van der Waals surface area (Å²) >= 11 is 0. The number of rotatable bonds is 5. The second-order valence-electron chi connectivity index (χ2n) is 6.10. The van der Waals surface area contributed by atoms with Gasteiger partial charge in [-0.15, -0.1) is 0 Å². The van der Waals surface area contributed by atoms with Crippen molar-refractivity contribution in [3.8, 4) is 5.75 Å². The monoisotopic (exact) mass is 383 g/mol. The first-order valence-electron chi connectivity index (χ1n) is 8.19. The summed E-state index contributed by atoms with van der Waals surface area (Å²) in [4.78, 5) is 14.1. The lowest BCUT2D eigenvalue weighted by Gasteiger charge is -2.38. The van der Waals surface area contributed by atoms with Crippen LogP contribution in [0.5, 0.6) is 5.75 Å². The fourth-order valence-corrected chi connectivity index (χ4v) is 2.88. The average molecular weight is 383 g/mol. The van der Waals surface area contributed by atoms with Gasteiger partial charge < -0.3 is 14.4 Å². The fourth-order valence-electron chi connectivity index (χ4n) is 2.88. The number of carbonyl (C=O) groups is 1. The number of ether oxygens (including phenoxy) is 2. The molecule has 0 spiro atoms. The highest BCUT2D eigenvalue weighted by Crippen LogP contribution is 2.33. The van der Waals surface area contributed by atoms with Crippen LogP contribution >= 0.6 is 0 Å². The minimum absolute atomic E-state index is 0.0615. The van der Waals surface area contributed by atoms with Crippen molar-refractivity contribution >= 4 is 5.91 Å². The number of methoxy groups -OCH3 is 1. The van der Waals surface area contributed by atoms with Crippen LogP contribution in [0, 0.1) is 5.82 Å². The molecule has 2 aromatic carbocycles. The summed E-state index contributed by atoms with van der Waals surface area (Å²) in [5.74, 6) is -1.67. The smallest absolute Gasteiger partial charge is 0.416 e. The van der Waals surface area contributed by atoms with Gasteiger partial charge in [0, 0.05) is 6.54 Å². The van der Waals surface area contributed by atoms with Crippen molar-refractivity contribution in [2.24, 2.45) is 0 Å². The molecule has 1 aliphatic rings. The molecule has 1 fully saturated rings. The van der Waals surface area contributed by atoms with Gasteiger partial charge in [0.1, 0.15) is 0 Å². The zero-order chi connectivity index (χ0) is 19.6. The quantitative estimate of drug-likeness (QED) is 0.736. The molecule has 27 heavy (non-hydrogen) atoms. The third-order valence-electron chi connectivity index (χ3n) is 4.40. The van der Waals surface area contributed by atoms with Crippen LogP contribution < -0.4 is 4.74 Å². The van der Waals surface area contributed by atoms with E-state index < -0.39 is 29.5 Å². The van der Waals surface area contributed by atoms with E-state index in [9.17, 15) is 22.4 Å². The maximum absolute atomic E-state index is 14.5. The third kappa shape index (κ3) is 3.90. The molecule has 0 radical (unpaired) electrons. The van der Waals surface area contributed by atoms with Crippen LogP contribution in [-0.4, -0.2) is 37.2 Å². The van der Waals surface area contributed by atoms with Gasteiger partial charge in [0.2, 0.25) is 0 Å². The minimum Gasteiger partial charge on any atom is -0.494 e. The lowest BCUT2D eigenvalue weighted by atomic mass is 10.0. The minimum atomic E-state index is -4.55. The predicted octanol–water partition coefficient (Wildman–Crippen LogP) is 3.89. The topological polar surface area (TPSA) is 38.8 Å². The highest BCUT2D eigenvalue weighted by atomic mass is 19.4. The number of hydrogen-bond donors (Lipinski definition) is 0. The van der Waals surface area contributed by atoms with Crippen LogP contribution in [-0.2, 0) is 17.5 Å². The second-order valence-corrected chi connectivity index (χ2v) is 6.10. The van der Waals surface area contributed by atoms with Gasteiger partial charge >= 0.3 is 6.18 Å². The number of benzene rings is 2. The van der Waals surface area contributed by atoms with Crippen molar-refractivity contribution in [2.75, 3.05) is 20.3 Å². The largest absolute Gasteiger partial charge is 0.494 e. The highest BCUT2D eigenvalue weighted by molar-refractivity contribution is 5.95. The van der Waals surface area contributed by atoms with Crippen molar-refractivity contribution in [1.82, 2.24) is 4.90 Å². The highest BCUT2D eigenvalue weighted by Gasteiger charge is 2.36. The van der Waals surface area contributed by atoms with Crippen molar-refractivity contribution < 1.29 is 31.8 Å². The van der Waals surface area contributed by atoms with Crippen molar-refractivity contribution in [1.29, 1.82) is 0 Å². The molecule has 8 heteroatoms. The van der Waals surface area contributed by atoms with Crippen LogP contribution in [0.25, 0.3) is 0 Å². The Morgan fingerprint density at radius 2 is 1.89 bits per heavy atom. The molecule has 0 aromatic heterocycles. The van der Waals surface area contributed by atoms with Gasteiger partial charge in [-0.3, -0.25) is 4.79 Å². The molecule has 4 nitrogen and oxygen atoms in total. The molecule has 144 valence electrons. The molecule has 0 unspecified atom stereocenters. The molecule has 0 bridgehead atoms. The molecule has 1 amide bonds. The van der Waals surface area contributed by atoms with Gasteiger partial charge in [-0.2, -0.15) is 13.2 Å². The van der Waals surface area contributed by atoms with Gasteiger partial charge in [-0.05, 0) is 23.8 Å². The lowest BCUT2D eigenvalue weighted by Crippen LogP contribution is -2.51. The van der Waals surface area contributed by atoms with Gasteiger partial charge in [0.15, 0.2) is 11.6 Å². The standard InChI is InChI=1S/C19H17F4NO3/c1-26-16-8-4-6-14(17(16)20)18(25)24(13-10-27-11-13)9-12-5-2-3-7-15(12)19(21,22)23/h2-8,13H,9-11H2,1H3. The van der Waals surface area contributed by atoms with Crippen LogP contribution in [0.4, 0.5) is 17.6 Å². The van der Waals surface area contributed by atoms with E-state index in [0.717, 1.165) is 6.07 Å². The summed E-state index contributed by atoms with van der Waals surface area (Å²) in [5.41, 5.74) is -1.14. The first-order valence-corrected chi connectivity index (χ1v) is 8.19. The van der Waals surface area contributed by atoms with Crippen LogP contribution in [0.15, 0.2) is 42.5 Å². The van der Waals surface area contributed by atoms with Crippen LogP contribution in [0.2, 0.25) is 0 Å². The Hall–Kier alpha value is -2.61. The Kier molecular flexibility index (Phi) is 5.36. The second kappa shape index (κ2) is 7.56. The number of nitrogens with zero attached hydrogens (tertiary/aromatic N) is 1. The molecule has 0 aliphatic carbocycles. The van der Waals surface area contributed by atoms with E-state index in [2.05, 4.69) is 0 Å². The van der Waals surface area contributed by atoms with Crippen LogP contribution in [0.1, 0.15) is 21.5 Å². The summed E-state index contributed by atoms with van der Waals surface area (Å²) in [7, 11) is 1.27. The first kappa shape index (κ1) is 19.2. The third-order valence-corrected chi connectivity index (χ3v) is 4.40. The molecular weight excluding hydrogens is 366 g/mol. The molecule has 0 saturated carbocycles. The van der Waals surface area contributed by atoms with E-state index in [4.69, 9.17) is 9.47 Å². The number of hydrogen-bond acceptors (Lipinski definition) is 3.